The normalized spacial score (nSPS) is 16.9. The number of amides is 1. The van der Waals surface area contributed by atoms with Gasteiger partial charge in [-0.1, -0.05) is 6.92 Å². The number of nitrogens with one attached hydrogen (secondary N) is 1. The second kappa shape index (κ2) is 6.15. The Kier molecular flexibility index (Phi) is 3.95. The molecule has 0 spiro atoms. The number of nitrogens with zero attached hydrogens (tertiary/aromatic N) is 3. The molecule has 1 fully saturated rings. The maximum atomic E-state index is 13.8. The summed E-state index contributed by atoms with van der Waals surface area (Å²) in [6, 6.07) is 2.55. The molecule has 3 N–H and O–H groups in total. The second-order valence-electron chi connectivity index (χ2n) is 6.82. The zero-order valence-electron chi connectivity index (χ0n) is 14.3. The third kappa shape index (κ3) is 2.68. The van der Waals surface area contributed by atoms with Gasteiger partial charge in [-0.05, 0) is 56.9 Å². The number of primary amides is 1. The van der Waals surface area contributed by atoms with Gasteiger partial charge in [-0.15, -0.1) is 0 Å². The van der Waals surface area contributed by atoms with Crippen LogP contribution < -0.4 is 5.73 Å². The topological polar surface area (TPSA) is 79.4 Å². The highest BCUT2D eigenvalue weighted by molar-refractivity contribution is 6.05. The first-order valence-corrected chi connectivity index (χ1v) is 8.79. The van der Waals surface area contributed by atoms with Crippen LogP contribution in [-0.2, 0) is 0 Å². The molecule has 7 heteroatoms. The molecule has 2 aromatic heterocycles. The van der Waals surface area contributed by atoms with Crippen molar-refractivity contribution in [3.63, 3.8) is 0 Å². The van der Waals surface area contributed by atoms with E-state index in [9.17, 15) is 9.18 Å². The zero-order valence-corrected chi connectivity index (χ0v) is 14.3. The molecule has 0 aliphatic carbocycles. The van der Waals surface area contributed by atoms with Gasteiger partial charge in [0.1, 0.15) is 17.0 Å². The highest BCUT2D eigenvalue weighted by Gasteiger charge is 2.25. The third-order valence-electron chi connectivity index (χ3n) is 5.17. The molecule has 1 aliphatic heterocycles. The van der Waals surface area contributed by atoms with Gasteiger partial charge in [-0.3, -0.25) is 4.79 Å². The van der Waals surface area contributed by atoms with Gasteiger partial charge < -0.3 is 15.6 Å². The number of nitrogens with two attached hydrogens (primary N) is 1. The average molecular weight is 343 g/mol. The van der Waals surface area contributed by atoms with Crippen LogP contribution in [0.2, 0.25) is 0 Å². The summed E-state index contributed by atoms with van der Waals surface area (Å²) >= 11 is 0. The predicted molar refractivity (Wildman–Crippen MR) is 94.2 cm³/mol. The van der Waals surface area contributed by atoms with E-state index in [0.717, 1.165) is 43.7 Å². The number of aromatic nitrogens is 3. The van der Waals surface area contributed by atoms with E-state index in [0.29, 0.717) is 17.0 Å². The van der Waals surface area contributed by atoms with E-state index >= 15 is 0 Å². The standard InChI is InChI=1S/C18H22FN5O/c1-2-5-23-6-3-11(4-7-23)14-10-21-24-16-13(17(20)25)8-12(19)9-15(16)22-18(14)24/h8-11,22H,2-7H2,1H3,(H2,20,25). The fourth-order valence-electron chi connectivity index (χ4n) is 3.98. The fraction of sp³-hybridized carbons (Fsp3) is 0.444. The number of fused-ring (bicyclic) bond motifs is 3. The summed E-state index contributed by atoms with van der Waals surface area (Å²) in [5.41, 5.74) is 8.62. The molecule has 0 bridgehead atoms. The zero-order chi connectivity index (χ0) is 17.6. The Labute approximate surface area is 144 Å². The van der Waals surface area contributed by atoms with Gasteiger partial charge in [0, 0.05) is 5.56 Å². The van der Waals surface area contributed by atoms with Crippen molar-refractivity contribution in [1.29, 1.82) is 0 Å². The number of likely N-dealkylation sites (tertiary alicyclic amines) is 1. The summed E-state index contributed by atoms with van der Waals surface area (Å²) in [6.45, 7) is 5.51. The Balaban J connectivity index is 1.75. The van der Waals surface area contributed by atoms with E-state index in [4.69, 9.17) is 5.73 Å². The first-order chi connectivity index (χ1) is 12.1. The van der Waals surface area contributed by atoms with Gasteiger partial charge in [0.15, 0.2) is 0 Å². The minimum Gasteiger partial charge on any atom is -0.366 e. The lowest BCUT2D eigenvalue weighted by atomic mass is 9.91. The fourth-order valence-corrected chi connectivity index (χ4v) is 3.98. The number of imidazole rings is 1. The summed E-state index contributed by atoms with van der Waals surface area (Å²) in [5.74, 6) is -0.726. The molecule has 3 aromatic rings. The molecule has 0 unspecified atom stereocenters. The monoisotopic (exact) mass is 343 g/mol. The number of aromatic amines is 1. The van der Waals surface area contributed by atoms with Crippen LogP contribution in [0.5, 0.6) is 0 Å². The SMILES string of the molecule is CCCN1CCC(c2cnn3c2[nH]c2cc(F)cc(C(N)=O)c23)CC1. The largest absolute Gasteiger partial charge is 0.366 e. The van der Waals surface area contributed by atoms with Gasteiger partial charge >= 0.3 is 0 Å². The number of piperidine rings is 1. The van der Waals surface area contributed by atoms with Crippen LogP contribution in [0, 0.1) is 5.82 Å². The van der Waals surface area contributed by atoms with Crippen molar-refractivity contribution in [3.05, 3.63) is 35.3 Å². The predicted octanol–water partition coefficient (Wildman–Crippen LogP) is 2.64. The van der Waals surface area contributed by atoms with Gasteiger partial charge in [-0.25, -0.2) is 8.91 Å². The molecule has 1 aromatic carbocycles. The molecule has 3 heterocycles. The van der Waals surface area contributed by atoms with Crippen molar-refractivity contribution < 1.29 is 9.18 Å². The number of benzene rings is 1. The Morgan fingerprint density at radius 1 is 1.40 bits per heavy atom. The van der Waals surface area contributed by atoms with Crippen molar-refractivity contribution >= 4 is 22.6 Å². The van der Waals surface area contributed by atoms with Crippen LogP contribution in [0.4, 0.5) is 4.39 Å². The van der Waals surface area contributed by atoms with E-state index in [-0.39, 0.29) is 5.56 Å². The first-order valence-electron chi connectivity index (χ1n) is 8.79. The van der Waals surface area contributed by atoms with Gasteiger partial charge in [0.25, 0.3) is 5.91 Å². The van der Waals surface area contributed by atoms with Crippen LogP contribution in [0.25, 0.3) is 16.7 Å². The number of halogens is 1. The Morgan fingerprint density at radius 2 is 2.16 bits per heavy atom. The molecule has 4 rings (SSSR count). The summed E-state index contributed by atoms with van der Waals surface area (Å²) in [5, 5.41) is 4.45. The lowest BCUT2D eigenvalue weighted by molar-refractivity contribution is 0.100. The van der Waals surface area contributed by atoms with E-state index < -0.39 is 11.7 Å². The van der Waals surface area contributed by atoms with E-state index in [1.165, 1.54) is 18.6 Å². The van der Waals surface area contributed by atoms with E-state index in [1.54, 1.807) is 4.52 Å². The maximum absolute atomic E-state index is 13.8. The molecule has 132 valence electrons. The minimum atomic E-state index is -0.657. The van der Waals surface area contributed by atoms with Crippen molar-refractivity contribution in [1.82, 2.24) is 19.5 Å². The lowest BCUT2D eigenvalue weighted by Gasteiger charge is -2.31. The van der Waals surface area contributed by atoms with E-state index in [1.807, 2.05) is 6.20 Å². The lowest BCUT2D eigenvalue weighted by Crippen LogP contribution is -2.33. The maximum Gasteiger partial charge on any atom is 0.251 e. The van der Waals surface area contributed by atoms with Crippen LogP contribution in [0.1, 0.15) is 48.0 Å². The highest BCUT2D eigenvalue weighted by Crippen LogP contribution is 2.32. The Bertz CT molecular complexity index is 936. The number of rotatable bonds is 4. The molecule has 1 amide bonds. The number of hydrogen-bond acceptors (Lipinski definition) is 3. The third-order valence-corrected chi connectivity index (χ3v) is 5.17. The smallest absolute Gasteiger partial charge is 0.251 e. The summed E-state index contributed by atoms with van der Waals surface area (Å²) < 4.78 is 15.5. The molecule has 0 radical (unpaired) electrons. The quantitative estimate of drug-likeness (QED) is 0.764. The molecule has 1 saturated heterocycles. The molecule has 0 atom stereocenters. The molecule has 0 saturated carbocycles. The van der Waals surface area contributed by atoms with Crippen LogP contribution in [0.15, 0.2) is 18.3 Å². The van der Waals surface area contributed by atoms with Crippen LogP contribution in [-0.4, -0.2) is 45.0 Å². The van der Waals surface area contributed by atoms with E-state index in [2.05, 4.69) is 21.9 Å². The van der Waals surface area contributed by atoms with Gasteiger partial charge in [0.2, 0.25) is 0 Å². The molecule has 25 heavy (non-hydrogen) atoms. The number of carbonyl (C=O) groups is 1. The molecule has 6 nitrogen and oxygen atoms in total. The Morgan fingerprint density at radius 3 is 2.84 bits per heavy atom. The molecular formula is C18H22FN5O. The van der Waals surface area contributed by atoms with Crippen molar-refractivity contribution in [2.45, 2.75) is 32.1 Å². The summed E-state index contributed by atoms with van der Waals surface area (Å²) in [6.07, 6.45) is 5.19. The van der Waals surface area contributed by atoms with Crippen molar-refractivity contribution in [2.24, 2.45) is 5.73 Å². The van der Waals surface area contributed by atoms with Gasteiger partial charge in [0.05, 0.1) is 17.3 Å². The highest BCUT2D eigenvalue weighted by atomic mass is 19.1. The summed E-state index contributed by atoms with van der Waals surface area (Å²) in [7, 11) is 0. The number of H-pyrrole nitrogens is 1. The molecular weight excluding hydrogens is 321 g/mol. The van der Waals surface area contributed by atoms with Crippen LogP contribution in [0.3, 0.4) is 0 Å². The number of carbonyl (C=O) groups excluding carboxylic acids is 1. The van der Waals surface area contributed by atoms with Crippen molar-refractivity contribution in [3.8, 4) is 0 Å². The number of hydrogen-bond donors (Lipinski definition) is 2. The van der Waals surface area contributed by atoms with Gasteiger partial charge in [-0.2, -0.15) is 5.10 Å². The minimum absolute atomic E-state index is 0.147. The van der Waals surface area contributed by atoms with Crippen LogP contribution >= 0.6 is 0 Å². The van der Waals surface area contributed by atoms with Crippen molar-refractivity contribution in [2.75, 3.05) is 19.6 Å². The average Bonchev–Trinajstić information content (AvgIpc) is 3.13. The second-order valence-corrected chi connectivity index (χ2v) is 6.82. The molecule has 1 aliphatic rings. The first kappa shape index (κ1) is 16.1. The Hall–Kier alpha value is -2.41. The summed E-state index contributed by atoms with van der Waals surface area (Å²) in [4.78, 5) is 17.4.